The average molecular weight is 1250 g/mol. The molecule has 0 bridgehead atoms. The Morgan fingerprint density at radius 2 is 0.843 bits per heavy atom. The second-order valence-electron chi connectivity index (χ2n) is 21.9. The number of carbonyl (C=O) groups is 12. The van der Waals surface area contributed by atoms with Gasteiger partial charge >= 0.3 is 0 Å². The minimum absolute atomic E-state index is 0.0273. The Morgan fingerprint density at radius 3 is 1.33 bits per heavy atom. The van der Waals surface area contributed by atoms with Crippen LogP contribution in [-0.4, -0.2) is 166 Å². The third-order valence-corrected chi connectivity index (χ3v) is 13.3. The molecule has 24 N–H and O–H groups in total. The average Bonchev–Trinajstić information content (AvgIpc) is 2.81. The summed E-state index contributed by atoms with van der Waals surface area (Å²) in [5.74, 6) is -12.7. The lowest BCUT2D eigenvalue weighted by Gasteiger charge is -2.27. The topological polar surface area (TPSA) is 542 Å². The van der Waals surface area contributed by atoms with E-state index in [1.165, 1.54) is 48.5 Å². The molecule has 3 aromatic carbocycles. The van der Waals surface area contributed by atoms with Gasteiger partial charge in [0.2, 0.25) is 70.9 Å². The van der Waals surface area contributed by atoms with Gasteiger partial charge in [-0.1, -0.05) is 82.3 Å². The number of aliphatic hydroxyl groups is 1. The van der Waals surface area contributed by atoms with Crippen molar-refractivity contribution in [3.05, 3.63) is 95.6 Å². The van der Waals surface area contributed by atoms with E-state index in [-0.39, 0.29) is 80.8 Å². The van der Waals surface area contributed by atoms with E-state index in [4.69, 9.17) is 34.4 Å². The maximum absolute atomic E-state index is 14.0. The van der Waals surface area contributed by atoms with Crippen molar-refractivity contribution < 1.29 is 72.9 Å². The number of carbonyl (C=O) groups excluding carboxylic acids is 12. The van der Waals surface area contributed by atoms with Crippen LogP contribution >= 0.6 is 0 Å². The number of phenolic OH excluding ortho intramolecular Hbond substituents is 2. The number of phenols is 2. The number of rotatable bonds is 38. The van der Waals surface area contributed by atoms with Gasteiger partial charge in [-0.05, 0) is 84.9 Å². The SMILES string of the molecule is CC(C)C[C@H](NC(=O)CNC(=O)[C@H](Cc1ccccc1)NC(=O)[C@H](CO)NC(=O)[C@H](CC(N)=O)NC(=O)[C@H](CC(C)C)NC(=O)[C@H](CC(N)=O)NC(=O)[C@@H](N)Cc1ccc(O)cc1)C(=O)N[C@@H](CCCN=C(N)N)C(=O)N[C@@H](Cc1ccc(O)cc1)C(N)=O. The summed E-state index contributed by atoms with van der Waals surface area (Å²) in [6, 6.07) is 6.32. The fourth-order valence-corrected chi connectivity index (χ4v) is 8.77. The number of primary amides is 3. The zero-order valence-electron chi connectivity index (χ0n) is 50.0. The Hall–Kier alpha value is -9.91. The molecule has 31 heteroatoms. The third-order valence-electron chi connectivity index (χ3n) is 13.3. The minimum Gasteiger partial charge on any atom is -0.508 e. The van der Waals surface area contributed by atoms with Crippen LogP contribution in [0.4, 0.5) is 0 Å². The third kappa shape index (κ3) is 27.6. The first kappa shape index (κ1) is 73.3. The molecule has 0 fully saturated rings. The van der Waals surface area contributed by atoms with Crippen LogP contribution in [0, 0.1) is 11.8 Å². The molecular formula is C58H84N16O15. The molecule has 12 amide bonds. The smallest absolute Gasteiger partial charge is 0.245 e. The molecule has 0 saturated heterocycles. The maximum Gasteiger partial charge on any atom is 0.245 e. The highest BCUT2D eigenvalue weighted by Gasteiger charge is 2.35. The van der Waals surface area contributed by atoms with Gasteiger partial charge in [0, 0.05) is 19.4 Å². The number of amides is 12. The molecule has 9 atom stereocenters. The fraction of sp³-hybridized carbons (Fsp3) is 0.466. The van der Waals surface area contributed by atoms with Gasteiger partial charge < -0.3 is 97.6 Å². The predicted molar refractivity (Wildman–Crippen MR) is 323 cm³/mol. The summed E-state index contributed by atoms with van der Waals surface area (Å²) in [6.07, 6.45) is -1.90. The highest BCUT2D eigenvalue weighted by Crippen LogP contribution is 2.15. The lowest BCUT2D eigenvalue weighted by Crippen LogP contribution is -2.61. The molecule has 486 valence electrons. The summed E-state index contributed by atoms with van der Waals surface area (Å²) >= 11 is 0. The summed E-state index contributed by atoms with van der Waals surface area (Å²) in [5, 5.41) is 51.6. The monoisotopic (exact) mass is 1240 g/mol. The Balaban J connectivity index is 1.78. The van der Waals surface area contributed by atoms with E-state index < -0.39 is 151 Å². The van der Waals surface area contributed by atoms with Crippen LogP contribution in [-0.2, 0) is 76.8 Å². The van der Waals surface area contributed by atoms with Gasteiger partial charge in [0.25, 0.3) is 0 Å². The molecule has 0 aliphatic rings. The Bertz CT molecular complexity index is 2950. The number of hydrogen-bond donors (Lipinski definition) is 18. The number of benzene rings is 3. The van der Waals surface area contributed by atoms with Crippen LogP contribution in [0.5, 0.6) is 11.5 Å². The van der Waals surface area contributed by atoms with Gasteiger partial charge in [-0.25, -0.2) is 0 Å². The van der Waals surface area contributed by atoms with E-state index in [9.17, 15) is 72.9 Å². The molecule has 0 radical (unpaired) electrons. The first-order valence-electron chi connectivity index (χ1n) is 28.5. The van der Waals surface area contributed by atoms with Crippen molar-refractivity contribution in [2.45, 2.75) is 140 Å². The predicted octanol–water partition coefficient (Wildman–Crippen LogP) is -5.18. The molecular weight excluding hydrogens is 1160 g/mol. The van der Waals surface area contributed by atoms with Gasteiger partial charge in [0.05, 0.1) is 32.0 Å². The summed E-state index contributed by atoms with van der Waals surface area (Å²) < 4.78 is 0. The van der Waals surface area contributed by atoms with Crippen LogP contribution < -0.4 is 82.3 Å². The number of aliphatic hydroxyl groups excluding tert-OH is 1. The van der Waals surface area contributed by atoms with Crippen molar-refractivity contribution in [2.75, 3.05) is 19.7 Å². The molecule has 0 unspecified atom stereocenters. The second-order valence-corrected chi connectivity index (χ2v) is 21.9. The van der Waals surface area contributed by atoms with Gasteiger partial charge in [0.1, 0.15) is 59.8 Å². The van der Waals surface area contributed by atoms with E-state index in [0.29, 0.717) is 16.7 Å². The van der Waals surface area contributed by atoms with Gasteiger partial charge in [0.15, 0.2) is 5.96 Å². The van der Waals surface area contributed by atoms with E-state index in [1.54, 1.807) is 58.0 Å². The van der Waals surface area contributed by atoms with Crippen molar-refractivity contribution in [2.24, 2.45) is 51.2 Å². The largest absolute Gasteiger partial charge is 0.508 e. The number of guanidine groups is 1. The van der Waals surface area contributed by atoms with Gasteiger partial charge in [-0.2, -0.15) is 0 Å². The quantitative estimate of drug-likeness (QED) is 0.0145. The van der Waals surface area contributed by atoms with Crippen LogP contribution in [0.15, 0.2) is 83.9 Å². The number of aliphatic imine (C=N–C) groups is 1. The number of nitrogens with two attached hydrogens (primary N) is 6. The van der Waals surface area contributed by atoms with E-state index in [0.717, 1.165) is 0 Å². The van der Waals surface area contributed by atoms with Crippen LogP contribution in [0.3, 0.4) is 0 Å². The number of nitrogens with zero attached hydrogens (tertiary/aromatic N) is 1. The van der Waals surface area contributed by atoms with E-state index in [2.05, 4.69) is 52.8 Å². The van der Waals surface area contributed by atoms with Crippen LogP contribution in [0.2, 0.25) is 0 Å². The first-order valence-corrected chi connectivity index (χ1v) is 28.5. The van der Waals surface area contributed by atoms with Crippen molar-refractivity contribution in [3.8, 4) is 11.5 Å². The van der Waals surface area contributed by atoms with Crippen LogP contribution in [0.25, 0.3) is 0 Å². The molecule has 0 aliphatic heterocycles. The van der Waals surface area contributed by atoms with Crippen molar-refractivity contribution >= 4 is 76.8 Å². The Morgan fingerprint density at radius 1 is 0.449 bits per heavy atom. The number of hydrogen-bond acceptors (Lipinski definition) is 17. The molecule has 0 heterocycles. The second kappa shape index (κ2) is 36.9. The normalized spacial score (nSPS) is 14.0. The lowest BCUT2D eigenvalue weighted by molar-refractivity contribution is -0.137. The highest BCUT2D eigenvalue weighted by atomic mass is 16.3. The maximum atomic E-state index is 14.0. The zero-order valence-corrected chi connectivity index (χ0v) is 50.0. The molecule has 89 heavy (non-hydrogen) atoms. The summed E-state index contributed by atoms with van der Waals surface area (Å²) in [4.78, 5) is 165. The molecule has 3 rings (SSSR count). The van der Waals surface area contributed by atoms with E-state index >= 15 is 0 Å². The lowest BCUT2D eigenvalue weighted by atomic mass is 10.0. The zero-order chi connectivity index (χ0) is 66.5. The standard InChI is InChI=1S/C58H84N16O15/c1-30(2)21-40(53(85)68-38(11-8-20-65-58(63)64)52(84)69-39(49(62)81)24-34-14-18-36(77)19-15-34)67-48(80)28-66-51(83)42(25-32-9-6-5-7-10-32)72-57(89)45(29-75)74-56(88)44(27-47(61)79)73-54(86)41(22-31(3)4)71-55(87)43(26-46(60)78)70-50(82)37(59)23-33-12-16-35(76)17-13-33/h5-7,9-10,12-19,30-31,37-45,75-77H,8,11,20-29,59H2,1-4H3,(H2,60,78)(H2,61,79)(H2,62,81)(H,66,83)(H,67,80)(H,68,85)(H,69,84)(H,70,82)(H,71,87)(H,72,89)(H,73,86)(H,74,88)(H4,63,64,65)/t37-,38-,39-,40-,41-,42-,43-,44-,45-/m0/s1. The molecule has 0 aromatic heterocycles. The van der Waals surface area contributed by atoms with Gasteiger partial charge in [-0.3, -0.25) is 62.5 Å². The molecule has 0 aliphatic carbocycles. The fourth-order valence-electron chi connectivity index (χ4n) is 8.77. The van der Waals surface area contributed by atoms with Gasteiger partial charge in [-0.15, -0.1) is 0 Å². The molecule has 3 aromatic rings. The number of aromatic hydroxyl groups is 2. The summed E-state index contributed by atoms with van der Waals surface area (Å²) in [6.45, 7) is 5.04. The number of nitrogens with one attached hydrogen (secondary N) is 9. The summed E-state index contributed by atoms with van der Waals surface area (Å²) in [5.41, 5.74) is 35.1. The highest BCUT2D eigenvalue weighted by molar-refractivity contribution is 6.00. The molecule has 0 saturated carbocycles. The van der Waals surface area contributed by atoms with E-state index in [1.807, 2.05) is 0 Å². The van der Waals surface area contributed by atoms with Crippen molar-refractivity contribution in [1.29, 1.82) is 0 Å². The first-order chi connectivity index (χ1) is 41.9. The molecule has 0 spiro atoms. The Kier molecular flexibility index (Phi) is 30.4. The summed E-state index contributed by atoms with van der Waals surface area (Å²) in [7, 11) is 0. The van der Waals surface area contributed by atoms with Crippen molar-refractivity contribution in [1.82, 2.24) is 47.9 Å². The van der Waals surface area contributed by atoms with Crippen molar-refractivity contribution in [3.63, 3.8) is 0 Å². The van der Waals surface area contributed by atoms with Crippen LogP contribution in [0.1, 0.15) is 82.9 Å². The molecule has 31 nitrogen and oxygen atoms in total. The minimum atomic E-state index is -1.87. The Labute approximate surface area is 513 Å².